The van der Waals surface area contributed by atoms with E-state index in [9.17, 15) is 0 Å². The summed E-state index contributed by atoms with van der Waals surface area (Å²) in [4.78, 5) is 4.17. The Labute approximate surface area is 88.8 Å². The van der Waals surface area contributed by atoms with E-state index in [2.05, 4.69) is 16.1 Å². The number of hydrogen-bond donors (Lipinski definition) is 1. The van der Waals surface area contributed by atoms with E-state index in [4.69, 9.17) is 5.73 Å². The highest BCUT2D eigenvalue weighted by Gasteiger charge is 2.00. The summed E-state index contributed by atoms with van der Waals surface area (Å²) in [7, 11) is 0. The van der Waals surface area contributed by atoms with Crippen LogP contribution in [-0.2, 0) is 6.42 Å². The van der Waals surface area contributed by atoms with Gasteiger partial charge < -0.3 is 5.73 Å². The van der Waals surface area contributed by atoms with Crippen molar-refractivity contribution in [3.05, 3.63) is 42.0 Å². The molecule has 0 bridgehead atoms. The molecule has 0 radical (unpaired) electrons. The van der Waals surface area contributed by atoms with Gasteiger partial charge in [-0.1, -0.05) is 0 Å². The van der Waals surface area contributed by atoms with E-state index in [0.717, 1.165) is 23.4 Å². The normalized spacial score (nSPS) is 10.5. The molecule has 4 nitrogen and oxygen atoms in total. The van der Waals surface area contributed by atoms with Crippen molar-refractivity contribution in [1.29, 1.82) is 0 Å². The van der Waals surface area contributed by atoms with Gasteiger partial charge in [0.1, 0.15) is 0 Å². The lowest BCUT2D eigenvalue weighted by Crippen LogP contribution is -2.04. The van der Waals surface area contributed by atoms with Crippen molar-refractivity contribution in [2.75, 3.05) is 6.54 Å². The number of pyridine rings is 1. The maximum Gasteiger partial charge on any atom is 0.0831 e. The maximum absolute atomic E-state index is 5.50. The van der Waals surface area contributed by atoms with Gasteiger partial charge in [0.15, 0.2) is 0 Å². The van der Waals surface area contributed by atoms with Crippen LogP contribution in [-0.4, -0.2) is 21.3 Å². The SMILES string of the molecule is Cc1ccn(-c2cncc(CCN)c2)n1. The lowest BCUT2D eigenvalue weighted by atomic mass is 10.2. The van der Waals surface area contributed by atoms with E-state index in [1.54, 1.807) is 6.20 Å². The topological polar surface area (TPSA) is 56.7 Å². The van der Waals surface area contributed by atoms with Crippen LogP contribution in [0.1, 0.15) is 11.3 Å². The molecule has 0 unspecified atom stereocenters. The maximum atomic E-state index is 5.50. The Kier molecular flexibility index (Phi) is 2.78. The molecule has 0 amide bonds. The van der Waals surface area contributed by atoms with Crippen LogP contribution >= 0.6 is 0 Å². The molecule has 0 aromatic carbocycles. The largest absolute Gasteiger partial charge is 0.330 e. The predicted octanol–water partition coefficient (Wildman–Crippen LogP) is 1.08. The number of nitrogens with zero attached hydrogens (tertiary/aromatic N) is 3. The standard InChI is InChI=1S/C11H14N4/c1-9-3-5-15(14-9)11-6-10(2-4-12)7-13-8-11/h3,5-8H,2,4,12H2,1H3. The molecule has 0 saturated heterocycles. The Balaban J connectivity index is 2.32. The summed E-state index contributed by atoms with van der Waals surface area (Å²) < 4.78 is 1.82. The summed E-state index contributed by atoms with van der Waals surface area (Å²) >= 11 is 0. The molecule has 15 heavy (non-hydrogen) atoms. The first kappa shape index (κ1) is 9.86. The van der Waals surface area contributed by atoms with Gasteiger partial charge in [0.05, 0.1) is 17.6 Å². The van der Waals surface area contributed by atoms with Crippen molar-refractivity contribution in [1.82, 2.24) is 14.8 Å². The summed E-state index contributed by atoms with van der Waals surface area (Å²) in [6.45, 7) is 2.61. The van der Waals surface area contributed by atoms with Crippen LogP contribution in [0, 0.1) is 6.92 Å². The highest BCUT2D eigenvalue weighted by molar-refractivity contribution is 5.31. The van der Waals surface area contributed by atoms with Crippen molar-refractivity contribution < 1.29 is 0 Å². The monoisotopic (exact) mass is 202 g/mol. The molecular formula is C11H14N4. The quantitative estimate of drug-likeness (QED) is 0.810. The van der Waals surface area contributed by atoms with Crippen LogP contribution in [0.3, 0.4) is 0 Å². The number of aromatic nitrogens is 3. The van der Waals surface area contributed by atoms with Gasteiger partial charge in [0, 0.05) is 12.4 Å². The Bertz CT molecular complexity index is 447. The number of aryl methyl sites for hydroxylation is 1. The second-order valence-electron chi connectivity index (χ2n) is 3.49. The van der Waals surface area contributed by atoms with Gasteiger partial charge in [0.25, 0.3) is 0 Å². The molecular weight excluding hydrogens is 188 g/mol. The Morgan fingerprint density at radius 2 is 2.27 bits per heavy atom. The Morgan fingerprint density at radius 3 is 2.93 bits per heavy atom. The molecule has 0 spiro atoms. The summed E-state index contributed by atoms with van der Waals surface area (Å²) in [5.41, 5.74) is 8.62. The third-order valence-corrected chi connectivity index (χ3v) is 2.20. The molecule has 0 fully saturated rings. The summed E-state index contributed by atoms with van der Waals surface area (Å²) in [6.07, 6.45) is 6.42. The zero-order valence-corrected chi connectivity index (χ0v) is 8.72. The molecule has 0 saturated carbocycles. The predicted molar refractivity (Wildman–Crippen MR) is 58.9 cm³/mol. The average molecular weight is 202 g/mol. The first-order chi connectivity index (χ1) is 7.29. The Morgan fingerprint density at radius 1 is 1.40 bits per heavy atom. The number of rotatable bonds is 3. The van der Waals surface area contributed by atoms with E-state index >= 15 is 0 Å². The van der Waals surface area contributed by atoms with Crippen molar-refractivity contribution in [2.24, 2.45) is 5.73 Å². The van der Waals surface area contributed by atoms with Crippen molar-refractivity contribution in [3.8, 4) is 5.69 Å². The van der Waals surface area contributed by atoms with Crippen LogP contribution in [0.4, 0.5) is 0 Å². The van der Waals surface area contributed by atoms with Crippen LogP contribution < -0.4 is 5.73 Å². The van der Waals surface area contributed by atoms with Crippen molar-refractivity contribution >= 4 is 0 Å². The highest BCUT2D eigenvalue weighted by Crippen LogP contribution is 2.08. The molecule has 2 rings (SSSR count). The molecule has 2 heterocycles. The molecule has 2 aromatic rings. The lowest BCUT2D eigenvalue weighted by Gasteiger charge is -2.03. The van der Waals surface area contributed by atoms with Gasteiger partial charge >= 0.3 is 0 Å². The summed E-state index contributed by atoms with van der Waals surface area (Å²) in [5, 5.41) is 4.33. The zero-order chi connectivity index (χ0) is 10.7. The molecule has 2 N–H and O–H groups in total. The van der Waals surface area contributed by atoms with E-state index in [-0.39, 0.29) is 0 Å². The third kappa shape index (κ3) is 2.22. The fourth-order valence-electron chi connectivity index (χ4n) is 1.46. The smallest absolute Gasteiger partial charge is 0.0831 e. The van der Waals surface area contributed by atoms with Crippen molar-refractivity contribution in [3.63, 3.8) is 0 Å². The van der Waals surface area contributed by atoms with Crippen LogP contribution in [0.15, 0.2) is 30.7 Å². The molecule has 0 aliphatic rings. The van der Waals surface area contributed by atoms with Gasteiger partial charge in [-0.2, -0.15) is 5.10 Å². The van der Waals surface area contributed by atoms with Gasteiger partial charge in [-0.25, -0.2) is 4.68 Å². The lowest BCUT2D eigenvalue weighted by molar-refractivity contribution is 0.849. The minimum Gasteiger partial charge on any atom is -0.330 e. The van der Waals surface area contributed by atoms with E-state index in [1.807, 2.05) is 30.1 Å². The third-order valence-electron chi connectivity index (χ3n) is 2.20. The summed E-state index contributed by atoms with van der Waals surface area (Å²) in [6, 6.07) is 4.03. The molecule has 4 heteroatoms. The van der Waals surface area contributed by atoms with E-state index in [0.29, 0.717) is 6.54 Å². The van der Waals surface area contributed by atoms with Gasteiger partial charge in [0.2, 0.25) is 0 Å². The molecule has 0 aliphatic carbocycles. The number of nitrogens with two attached hydrogens (primary N) is 1. The van der Waals surface area contributed by atoms with Gasteiger partial charge in [-0.05, 0) is 37.6 Å². The first-order valence-electron chi connectivity index (χ1n) is 4.96. The van der Waals surface area contributed by atoms with Crippen LogP contribution in [0.25, 0.3) is 5.69 Å². The molecule has 0 aliphatic heterocycles. The van der Waals surface area contributed by atoms with Gasteiger partial charge in [-0.3, -0.25) is 4.98 Å². The minimum atomic E-state index is 0.642. The second kappa shape index (κ2) is 4.23. The number of hydrogen-bond acceptors (Lipinski definition) is 3. The van der Waals surface area contributed by atoms with E-state index < -0.39 is 0 Å². The summed E-state index contributed by atoms with van der Waals surface area (Å²) in [5.74, 6) is 0. The fraction of sp³-hybridized carbons (Fsp3) is 0.273. The van der Waals surface area contributed by atoms with Crippen LogP contribution in [0.2, 0.25) is 0 Å². The fourth-order valence-corrected chi connectivity index (χ4v) is 1.46. The molecule has 0 atom stereocenters. The highest BCUT2D eigenvalue weighted by atomic mass is 15.3. The first-order valence-corrected chi connectivity index (χ1v) is 4.96. The van der Waals surface area contributed by atoms with Crippen LogP contribution in [0.5, 0.6) is 0 Å². The Hall–Kier alpha value is -1.68. The average Bonchev–Trinajstić information content (AvgIpc) is 2.66. The minimum absolute atomic E-state index is 0.642. The molecule has 2 aromatic heterocycles. The van der Waals surface area contributed by atoms with E-state index in [1.165, 1.54) is 0 Å². The van der Waals surface area contributed by atoms with Gasteiger partial charge in [-0.15, -0.1) is 0 Å². The zero-order valence-electron chi connectivity index (χ0n) is 8.72. The van der Waals surface area contributed by atoms with Crippen molar-refractivity contribution in [2.45, 2.75) is 13.3 Å². The second-order valence-corrected chi connectivity index (χ2v) is 3.49. The molecule has 78 valence electrons.